The lowest BCUT2D eigenvalue weighted by molar-refractivity contribution is -0.123. The smallest absolute Gasteiger partial charge is 0.413 e. The normalized spacial score (nSPS) is 16.4. The number of ether oxygens (including phenoxy) is 8. The van der Waals surface area contributed by atoms with Crippen molar-refractivity contribution in [3.05, 3.63) is 152 Å². The van der Waals surface area contributed by atoms with Crippen LogP contribution in [0.1, 0.15) is 145 Å². The van der Waals surface area contributed by atoms with Gasteiger partial charge in [-0.25, -0.2) is 81.6 Å². The van der Waals surface area contributed by atoms with Crippen molar-refractivity contribution in [2.45, 2.75) is 144 Å². The summed E-state index contributed by atoms with van der Waals surface area (Å²) in [5, 5.41) is 64.6. The largest absolute Gasteiger partial charge is 0.476 e. The van der Waals surface area contributed by atoms with Crippen molar-refractivity contribution < 1.29 is 109 Å². The highest BCUT2D eigenvalue weighted by atomic mass is 79.9. The van der Waals surface area contributed by atoms with Crippen molar-refractivity contribution in [2.24, 2.45) is 28.2 Å². The molecule has 16 heterocycles. The van der Waals surface area contributed by atoms with Crippen molar-refractivity contribution in [1.29, 1.82) is 0 Å². The second-order valence-electron chi connectivity index (χ2n) is 29.5. The van der Waals surface area contributed by atoms with Crippen LogP contribution in [0.3, 0.4) is 0 Å². The third-order valence-electron chi connectivity index (χ3n) is 17.2. The fourth-order valence-electron chi connectivity index (χ4n) is 10.9. The first-order chi connectivity index (χ1) is 60.2. The van der Waals surface area contributed by atoms with Gasteiger partial charge in [-0.1, -0.05) is 20.9 Å². The molecule has 0 saturated heterocycles. The van der Waals surface area contributed by atoms with Crippen molar-refractivity contribution in [3.63, 3.8) is 0 Å². The molecule has 0 aliphatic carbocycles. The molecule has 5 aliphatic heterocycles. The highest BCUT2D eigenvalue weighted by Gasteiger charge is 2.34. The van der Waals surface area contributed by atoms with Gasteiger partial charge in [0.05, 0.1) is 41.1 Å². The molecule has 11 aromatic rings. The zero-order valence-electron chi connectivity index (χ0n) is 70.8. The summed E-state index contributed by atoms with van der Waals surface area (Å²) in [6.07, 6.45) is -2.96. The summed E-state index contributed by atoms with van der Waals surface area (Å²) in [7, 11) is 6.25. The van der Waals surface area contributed by atoms with Gasteiger partial charge >= 0.3 is 24.0 Å². The number of rotatable bonds is 10. The number of aliphatic hydroxyl groups excluding tert-OH is 1. The molecule has 674 valence electrons. The van der Waals surface area contributed by atoms with Crippen LogP contribution in [0.5, 0.6) is 29.4 Å². The molecule has 50 heteroatoms. The number of hydrogen-bond donors (Lipinski definition) is 8. The summed E-state index contributed by atoms with van der Waals surface area (Å²) in [6, 6.07) is 18.4. The molecule has 44 nitrogen and oxygen atoms in total. The van der Waals surface area contributed by atoms with E-state index in [1.165, 1.54) is 42.0 Å². The quantitative estimate of drug-likeness (QED) is 0.0273. The van der Waals surface area contributed by atoms with Crippen LogP contribution >= 0.6 is 31.9 Å². The minimum absolute atomic E-state index is 0.0738. The lowest BCUT2D eigenvalue weighted by Crippen LogP contribution is -2.34. The number of aromatic carboxylic acids is 1. The van der Waals surface area contributed by atoms with Crippen LogP contribution in [0.25, 0.3) is 34.2 Å². The number of hydrogen-bond acceptors (Lipinski definition) is 33. The van der Waals surface area contributed by atoms with Crippen LogP contribution in [0.2, 0.25) is 0 Å². The molecular formula is C78H81Br2F4N25O19. The van der Waals surface area contributed by atoms with Crippen molar-refractivity contribution >= 4 is 120 Å². The SMILES string of the molecule is CC1Oc2nc(-c3nnn(C)c3C(=O)O)ccc2NC1=O.CC1Oc2nc(-c3nnn(C)c3C(=O)OC(C)(C)C)ccc2NC1=O.CC1Oc2nc(-c3nnn(C)c3NC(=O)O[C@H](C)c3cc(F)cnc3F)ccc2NC1=O.CC1Oc2nc(Br)ccc2NC1=O.CC1Oc2ncccc2NC1=O.C[C@@H](O)c1cc(F)cnc1F.Cn1nnc(Br)c1C(=O)OC(C)(C)C. The third-order valence-corrected chi connectivity index (χ3v) is 18.2. The number of carboxylic acids is 1. The van der Waals surface area contributed by atoms with E-state index in [2.05, 4.69) is 140 Å². The topological polar surface area (TPSA) is 553 Å². The van der Waals surface area contributed by atoms with E-state index in [1.807, 2.05) is 20.8 Å². The number of aryl methyl sites for hydroxylation is 4. The molecule has 0 spiro atoms. The first-order valence-electron chi connectivity index (χ1n) is 38.0. The molecule has 128 heavy (non-hydrogen) atoms. The van der Waals surface area contributed by atoms with Gasteiger partial charge in [0.15, 0.2) is 63.7 Å². The molecule has 8 N–H and O–H groups in total. The number of carboxylic acid groups (broad SMARTS) is 1. The highest BCUT2D eigenvalue weighted by Crippen LogP contribution is 2.37. The minimum atomic E-state index is -1.15. The Morgan fingerprint density at radius 3 is 1.26 bits per heavy atom. The number of fused-ring (bicyclic) bond motifs is 5. The summed E-state index contributed by atoms with van der Waals surface area (Å²) in [4.78, 5) is 132. The molecule has 0 fully saturated rings. The molecule has 5 unspecified atom stereocenters. The Hall–Kier alpha value is -14.7. The maximum absolute atomic E-state index is 13.8. The maximum atomic E-state index is 13.8. The van der Waals surface area contributed by atoms with E-state index in [1.54, 1.807) is 136 Å². The second kappa shape index (κ2) is 40.5. The number of aromatic nitrogens is 19. The Morgan fingerprint density at radius 2 is 0.836 bits per heavy atom. The Morgan fingerprint density at radius 1 is 0.477 bits per heavy atom. The summed E-state index contributed by atoms with van der Waals surface area (Å²) in [6.45, 7) is 21.7. The van der Waals surface area contributed by atoms with Crippen LogP contribution in [0.15, 0.2) is 101 Å². The first-order valence-corrected chi connectivity index (χ1v) is 39.5. The predicted octanol–water partition coefficient (Wildman–Crippen LogP) is 9.74. The second-order valence-corrected chi connectivity index (χ2v) is 31.1. The summed E-state index contributed by atoms with van der Waals surface area (Å²) in [5.74, 6) is -4.62. The standard InChI is InChI=1S/C19H17F2N7O4.C16H19N5O4.C12H11N5O4.C8H12BrN3O2.C8H7BrN2O2.C8H8N2O2.C7H7F2NO/c1-8(11-6-10(20)7-22-15(11)21)32-19(30)25-16-14(26-27-28(16)3)12-4-5-13-18(24-12)31-9(2)17(29)23-13;1-8-13(22)17-10-7-6-9(18-14(10)24-8)11-12(21(5)20-19-11)15(23)25-16(2,3)4;1-5-10(18)13-7-4-3-6(14-11(7)21-5)8-9(12(19)20)17(2)16-15-8;1-8(2,3)14-7(13)5-6(9)10-11-12(5)4;1-4-7(12)10-5-2-3-6(9)11-8(5)13-4;1-5-7(11)10-6-3-2-4-9-8(6)12-5;1-4(11)6-2-5(8)3-10-7(6)9/h4-9H,1-3H3,(H,23,29)(H,25,30);6-8H,1-5H3,(H,17,22);3-5H,1-2H3,(H,13,18)(H,19,20);1-4H3;2-4H,1H3,(H,10,12);2-5H,1H3,(H,10,11);2-4,11H,1H3/t8-,9?;;;;;;4-/m1.....1/s1. The minimum Gasteiger partial charge on any atom is -0.476 e. The number of esters is 2. The van der Waals surface area contributed by atoms with Gasteiger partial charge in [0.1, 0.15) is 73.4 Å². The van der Waals surface area contributed by atoms with Gasteiger partial charge in [-0.3, -0.25) is 29.3 Å². The monoisotopic (exact) mass is 1910 g/mol. The van der Waals surface area contributed by atoms with Gasteiger partial charge in [0.2, 0.25) is 41.3 Å². The lowest BCUT2D eigenvalue weighted by atomic mass is 10.1. The number of anilines is 6. The number of pyridine rings is 7. The number of nitrogens with zero attached hydrogens (tertiary/aromatic N) is 19. The van der Waals surface area contributed by atoms with Gasteiger partial charge in [-0.05, 0) is 195 Å². The number of carbonyl (C=O) groups is 9. The Kier molecular flexibility index (Phi) is 30.2. The molecule has 0 saturated carbocycles. The third kappa shape index (κ3) is 24.2. The zero-order valence-corrected chi connectivity index (χ0v) is 74.0. The fourth-order valence-corrected chi connectivity index (χ4v) is 11.7. The average molecular weight is 1910 g/mol. The Labute approximate surface area is 739 Å². The van der Waals surface area contributed by atoms with E-state index in [4.69, 9.17) is 43.0 Å². The predicted molar refractivity (Wildman–Crippen MR) is 446 cm³/mol. The fraction of sp³-hybridized carbons (Fsp3) is 0.333. The van der Waals surface area contributed by atoms with E-state index in [0.717, 1.165) is 29.2 Å². The van der Waals surface area contributed by atoms with E-state index in [-0.39, 0.29) is 92.6 Å². The number of halogens is 6. The molecule has 5 aliphatic rings. The summed E-state index contributed by atoms with van der Waals surface area (Å²) < 4.78 is 101. The van der Waals surface area contributed by atoms with Crippen LogP contribution in [0, 0.1) is 23.5 Å². The van der Waals surface area contributed by atoms with Crippen LogP contribution in [-0.4, -0.2) is 200 Å². The highest BCUT2D eigenvalue weighted by molar-refractivity contribution is 9.10. The first kappa shape index (κ1) is 95.5. The number of aliphatic hydroxyl groups is 1. The molecule has 0 aromatic carbocycles. The molecule has 16 rings (SSSR count). The summed E-state index contributed by atoms with van der Waals surface area (Å²) >= 11 is 6.35. The number of carbonyl (C=O) groups excluding carboxylic acids is 8. The molecule has 0 bridgehead atoms. The Balaban J connectivity index is 0.000000161. The molecule has 7 atom stereocenters. The van der Waals surface area contributed by atoms with Crippen LogP contribution in [-0.2, 0) is 66.4 Å². The molecular weight excluding hydrogens is 1830 g/mol. The van der Waals surface area contributed by atoms with Crippen molar-refractivity contribution in [2.75, 3.05) is 31.9 Å². The van der Waals surface area contributed by atoms with Gasteiger partial charge in [0, 0.05) is 40.0 Å². The van der Waals surface area contributed by atoms with E-state index < -0.39 is 101 Å². The average Bonchev–Trinajstić information content (AvgIpc) is 1.73. The van der Waals surface area contributed by atoms with E-state index in [9.17, 15) is 65.8 Å². The summed E-state index contributed by atoms with van der Waals surface area (Å²) in [5.41, 5.74) is 3.14. The van der Waals surface area contributed by atoms with E-state index in [0.29, 0.717) is 72.2 Å². The Bertz CT molecular complexity index is 6050. The van der Waals surface area contributed by atoms with E-state index >= 15 is 0 Å². The van der Waals surface area contributed by atoms with Gasteiger partial charge < -0.3 is 74.7 Å². The zero-order chi connectivity index (χ0) is 93.8. The molecule has 6 amide bonds. The molecule has 11 aromatic heterocycles. The van der Waals surface area contributed by atoms with Crippen molar-refractivity contribution in [1.82, 2.24) is 94.9 Å². The van der Waals surface area contributed by atoms with Crippen molar-refractivity contribution in [3.8, 4) is 63.6 Å². The van der Waals surface area contributed by atoms with Gasteiger partial charge in [0.25, 0.3) is 29.5 Å². The van der Waals surface area contributed by atoms with Crippen LogP contribution < -0.4 is 55.6 Å². The molecule has 0 radical (unpaired) electrons. The van der Waals surface area contributed by atoms with Gasteiger partial charge in [-0.2, -0.15) is 8.78 Å². The number of nitrogens with one attached hydrogen (secondary N) is 6. The lowest BCUT2D eigenvalue weighted by Gasteiger charge is -2.22. The van der Waals surface area contributed by atoms with Gasteiger partial charge in [-0.15, -0.1) is 20.4 Å². The maximum Gasteiger partial charge on any atom is 0.413 e. The van der Waals surface area contributed by atoms with Crippen LogP contribution in [0.4, 0.5) is 56.6 Å². The number of amides is 6.